The van der Waals surface area contributed by atoms with Crippen molar-refractivity contribution in [2.24, 2.45) is 5.16 Å². The molecule has 3 aromatic rings. The number of hydrogen-bond acceptors (Lipinski definition) is 4. The molecule has 1 aliphatic rings. The van der Waals surface area contributed by atoms with Crippen molar-refractivity contribution < 1.29 is 18.4 Å². The third-order valence-corrected chi connectivity index (χ3v) is 5.96. The molecule has 1 amide bonds. The van der Waals surface area contributed by atoms with Crippen molar-refractivity contribution in [1.29, 1.82) is 0 Å². The first-order chi connectivity index (χ1) is 16.3. The molecule has 1 aliphatic heterocycles. The molecule has 0 saturated carbocycles. The Labute approximate surface area is 204 Å². The maximum atomic E-state index is 14.7. The van der Waals surface area contributed by atoms with Crippen LogP contribution in [0.2, 0.25) is 10.0 Å². The molecule has 0 aliphatic carbocycles. The number of hydrogen-bond donors (Lipinski definition) is 0. The van der Waals surface area contributed by atoms with Crippen LogP contribution in [0.4, 0.5) is 8.78 Å². The smallest absolute Gasteiger partial charge is 0.263 e. The molecule has 1 aromatic heterocycles. The zero-order valence-electron chi connectivity index (χ0n) is 17.8. The highest BCUT2D eigenvalue weighted by Crippen LogP contribution is 2.28. The Kier molecular flexibility index (Phi) is 7.29. The molecule has 6 nitrogen and oxygen atoms in total. The Morgan fingerprint density at radius 1 is 1.03 bits per heavy atom. The third-order valence-electron chi connectivity index (χ3n) is 5.35. The van der Waals surface area contributed by atoms with Crippen LogP contribution < -0.4 is 5.56 Å². The van der Waals surface area contributed by atoms with Crippen LogP contribution in [0.15, 0.2) is 64.7 Å². The number of halogens is 4. The number of likely N-dealkylation sites (tertiary alicyclic amines) is 1. The van der Waals surface area contributed by atoms with E-state index in [2.05, 4.69) is 5.16 Å². The number of aromatic nitrogens is 1. The Balaban J connectivity index is 1.76. The van der Waals surface area contributed by atoms with Crippen LogP contribution in [0.1, 0.15) is 24.0 Å². The fourth-order valence-corrected chi connectivity index (χ4v) is 4.25. The van der Waals surface area contributed by atoms with Gasteiger partial charge in [-0.05, 0) is 43.2 Å². The van der Waals surface area contributed by atoms with E-state index in [-0.39, 0.29) is 45.1 Å². The highest BCUT2D eigenvalue weighted by molar-refractivity contribution is 6.37. The lowest BCUT2D eigenvalue weighted by molar-refractivity contribution is -0.135. The monoisotopic (exact) mass is 505 g/mol. The molecule has 2 heterocycles. The summed E-state index contributed by atoms with van der Waals surface area (Å²) in [6, 6.07) is 10.4. The van der Waals surface area contributed by atoms with Gasteiger partial charge in [0, 0.05) is 42.5 Å². The molecule has 34 heavy (non-hydrogen) atoms. The minimum Gasteiger partial charge on any atom is -0.385 e. The molecule has 0 spiro atoms. The van der Waals surface area contributed by atoms with Crippen LogP contribution in [0.25, 0.3) is 5.69 Å². The SMILES string of the molecule is O=C(CON=C(c1ccc(=O)n(-c2c(Cl)cccc2Cl)c1)c1ccc(F)cc1F)N1CCCC1. The van der Waals surface area contributed by atoms with Crippen LogP contribution in [0.3, 0.4) is 0 Å². The van der Waals surface area contributed by atoms with Gasteiger partial charge >= 0.3 is 0 Å². The fourth-order valence-electron chi connectivity index (χ4n) is 3.67. The van der Waals surface area contributed by atoms with E-state index in [1.54, 1.807) is 23.1 Å². The zero-order chi connectivity index (χ0) is 24.2. The second-order valence-electron chi connectivity index (χ2n) is 7.62. The summed E-state index contributed by atoms with van der Waals surface area (Å²) in [6.07, 6.45) is 3.23. The van der Waals surface area contributed by atoms with Gasteiger partial charge in [-0.3, -0.25) is 14.2 Å². The van der Waals surface area contributed by atoms with Gasteiger partial charge in [0.1, 0.15) is 17.3 Å². The summed E-state index contributed by atoms with van der Waals surface area (Å²) in [6.45, 7) is 0.951. The molecule has 10 heteroatoms. The number of pyridine rings is 1. The first-order valence-corrected chi connectivity index (χ1v) is 11.2. The lowest BCUT2D eigenvalue weighted by atomic mass is 10.0. The Bertz CT molecular complexity index is 1300. The molecule has 0 radical (unpaired) electrons. The summed E-state index contributed by atoms with van der Waals surface area (Å²) in [5.74, 6) is -1.90. The average Bonchev–Trinajstić information content (AvgIpc) is 3.34. The molecular weight excluding hydrogens is 487 g/mol. The van der Waals surface area contributed by atoms with Crippen LogP contribution in [-0.2, 0) is 9.63 Å². The molecule has 176 valence electrons. The Morgan fingerprint density at radius 3 is 2.41 bits per heavy atom. The molecule has 2 aromatic carbocycles. The van der Waals surface area contributed by atoms with E-state index >= 15 is 0 Å². The van der Waals surface area contributed by atoms with Crippen molar-refractivity contribution in [3.8, 4) is 5.69 Å². The lowest BCUT2D eigenvalue weighted by Crippen LogP contribution is -2.30. The van der Waals surface area contributed by atoms with Gasteiger partial charge in [-0.25, -0.2) is 8.78 Å². The molecule has 0 bridgehead atoms. The summed E-state index contributed by atoms with van der Waals surface area (Å²) in [5, 5.41) is 4.46. The first-order valence-electron chi connectivity index (χ1n) is 10.5. The average molecular weight is 506 g/mol. The van der Waals surface area contributed by atoms with Gasteiger partial charge in [0.15, 0.2) is 6.61 Å². The number of nitrogens with zero attached hydrogens (tertiary/aromatic N) is 3. The van der Waals surface area contributed by atoms with Crippen molar-refractivity contribution in [3.63, 3.8) is 0 Å². The molecule has 1 fully saturated rings. The molecule has 0 atom stereocenters. The fraction of sp³-hybridized carbons (Fsp3) is 0.208. The molecule has 0 unspecified atom stereocenters. The summed E-state index contributed by atoms with van der Waals surface area (Å²) < 4.78 is 29.4. The second-order valence-corrected chi connectivity index (χ2v) is 8.44. The number of para-hydroxylation sites is 1. The van der Waals surface area contributed by atoms with Crippen LogP contribution in [0.5, 0.6) is 0 Å². The highest BCUT2D eigenvalue weighted by atomic mass is 35.5. The van der Waals surface area contributed by atoms with E-state index in [9.17, 15) is 18.4 Å². The van der Waals surface area contributed by atoms with Gasteiger partial charge in [-0.15, -0.1) is 0 Å². The van der Waals surface area contributed by atoms with Gasteiger partial charge < -0.3 is 9.74 Å². The van der Waals surface area contributed by atoms with Crippen LogP contribution in [0, 0.1) is 11.6 Å². The van der Waals surface area contributed by atoms with E-state index in [0.717, 1.165) is 18.9 Å². The summed E-state index contributed by atoms with van der Waals surface area (Å²) in [7, 11) is 0. The zero-order valence-corrected chi connectivity index (χ0v) is 19.3. The lowest BCUT2D eigenvalue weighted by Gasteiger charge is -2.15. The first kappa shape index (κ1) is 23.9. The molecule has 1 saturated heterocycles. The summed E-state index contributed by atoms with van der Waals surface area (Å²) in [4.78, 5) is 31.8. The largest absolute Gasteiger partial charge is 0.385 e. The van der Waals surface area contributed by atoms with Crippen molar-refractivity contribution in [2.45, 2.75) is 12.8 Å². The number of benzene rings is 2. The highest BCUT2D eigenvalue weighted by Gasteiger charge is 2.20. The minimum atomic E-state index is -0.887. The van der Waals surface area contributed by atoms with E-state index in [4.69, 9.17) is 28.0 Å². The van der Waals surface area contributed by atoms with E-state index in [0.29, 0.717) is 19.2 Å². The maximum Gasteiger partial charge on any atom is 0.263 e. The van der Waals surface area contributed by atoms with Crippen LogP contribution >= 0.6 is 23.2 Å². The second kappa shape index (κ2) is 10.4. The van der Waals surface area contributed by atoms with Crippen molar-refractivity contribution >= 4 is 34.8 Å². The number of amides is 1. The predicted octanol–water partition coefficient (Wildman–Crippen LogP) is 4.81. The summed E-state index contributed by atoms with van der Waals surface area (Å²) in [5.41, 5.74) is -0.0617. The normalized spacial score (nSPS) is 13.9. The Hall–Kier alpha value is -3.23. The predicted molar refractivity (Wildman–Crippen MR) is 126 cm³/mol. The molecular formula is C24H19Cl2F2N3O3. The number of oxime groups is 1. The van der Waals surface area contributed by atoms with E-state index in [1.165, 1.54) is 29.0 Å². The van der Waals surface area contributed by atoms with Crippen LogP contribution in [-0.4, -0.2) is 40.8 Å². The van der Waals surface area contributed by atoms with E-state index < -0.39 is 17.2 Å². The third kappa shape index (κ3) is 5.13. The Morgan fingerprint density at radius 2 is 1.74 bits per heavy atom. The van der Waals surface area contributed by atoms with Gasteiger partial charge in [-0.2, -0.15) is 0 Å². The maximum absolute atomic E-state index is 14.7. The summed E-state index contributed by atoms with van der Waals surface area (Å²) >= 11 is 12.5. The topological polar surface area (TPSA) is 63.9 Å². The van der Waals surface area contributed by atoms with E-state index in [1.807, 2.05) is 0 Å². The number of carbonyl (C=O) groups excluding carboxylic acids is 1. The standard InChI is InChI=1S/C24H19Cl2F2N3O3/c25-18-4-3-5-19(26)24(18)31-13-15(6-9-21(31)32)23(17-8-7-16(27)12-20(17)28)29-34-14-22(33)30-10-1-2-11-30/h3-9,12-13H,1-2,10-11,14H2. The number of rotatable bonds is 6. The molecule has 4 rings (SSSR count). The minimum absolute atomic E-state index is 0.0383. The van der Waals surface area contributed by atoms with Gasteiger partial charge in [-0.1, -0.05) is 34.4 Å². The van der Waals surface area contributed by atoms with Gasteiger partial charge in [0.25, 0.3) is 11.5 Å². The quantitative estimate of drug-likeness (QED) is 0.356. The van der Waals surface area contributed by atoms with Crippen molar-refractivity contribution in [2.75, 3.05) is 19.7 Å². The van der Waals surface area contributed by atoms with Crippen molar-refractivity contribution in [1.82, 2.24) is 9.47 Å². The number of carbonyl (C=O) groups is 1. The van der Waals surface area contributed by atoms with Gasteiger partial charge in [0.05, 0.1) is 15.7 Å². The van der Waals surface area contributed by atoms with Crippen molar-refractivity contribution in [3.05, 3.63) is 97.9 Å². The van der Waals surface area contributed by atoms with Gasteiger partial charge in [0.2, 0.25) is 0 Å². The molecule has 0 N–H and O–H groups in total.